The van der Waals surface area contributed by atoms with Crippen molar-refractivity contribution in [3.8, 4) is 11.1 Å². The van der Waals surface area contributed by atoms with E-state index in [0.29, 0.717) is 0 Å². The van der Waals surface area contributed by atoms with Crippen LogP contribution in [0.4, 0.5) is 0 Å². The molecule has 0 spiro atoms. The van der Waals surface area contributed by atoms with E-state index in [4.69, 9.17) is 20.3 Å². The third-order valence-corrected chi connectivity index (χ3v) is 24.1. The molecule has 8 radical (unpaired) electrons. The molecule has 0 aromatic heterocycles. The van der Waals surface area contributed by atoms with Crippen LogP contribution in [0.1, 0.15) is 103 Å². The Balaban J connectivity index is 0.977. The van der Waals surface area contributed by atoms with Crippen LogP contribution in [0.3, 0.4) is 0 Å². The van der Waals surface area contributed by atoms with Gasteiger partial charge in [-0.05, 0) is 252 Å². The summed E-state index contributed by atoms with van der Waals surface area (Å²) < 4.78 is 22.9. The Kier molecular flexibility index (Phi) is 7.81. The zero-order chi connectivity index (χ0) is 56.6. The maximum Gasteiger partial charge on any atom is 0.373 e. The average molecular weight is 1170 g/mol. The molecule has 0 fully saturated rings. The van der Waals surface area contributed by atoms with Crippen LogP contribution in [-0.4, -0.2) is 72.2 Å². The summed E-state index contributed by atoms with van der Waals surface area (Å²) in [6.07, 6.45) is 6.34. The smallest absolute Gasteiger partial charge is 0.373 e. The number of benzene rings is 17. The van der Waals surface area contributed by atoms with Crippen molar-refractivity contribution < 1.29 is 15.2 Å². The number of nitrogens with one attached hydrogen (secondary N) is 1. The highest BCUT2D eigenvalue weighted by Gasteiger charge is 2.50. The summed E-state index contributed by atoms with van der Waals surface area (Å²) in [5, 5.41) is 44.7. The first-order valence-electron chi connectivity index (χ1n) is 30.3. The lowest BCUT2D eigenvalue weighted by Gasteiger charge is -2.46. The fraction of sp³-hybridized carbons (Fsp3) is 0.0641. The maximum atomic E-state index is 5.73. The molecule has 0 bridgehead atoms. The van der Waals surface area contributed by atoms with E-state index in [-0.39, 0.29) is 17.8 Å². The third kappa shape index (κ3) is 4.64. The Morgan fingerprint density at radius 1 is 0.352 bits per heavy atom. The van der Waals surface area contributed by atoms with Gasteiger partial charge in [-0.15, -0.1) is 0 Å². The Hall–Kier alpha value is -7.92. The first kappa shape index (κ1) is 46.2. The molecule has 0 saturated heterocycles. The maximum absolute atomic E-state index is 5.73. The van der Waals surface area contributed by atoms with Gasteiger partial charge < -0.3 is 15.2 Å². The van der Waals surface area contributed by atoms with Crippen molar-refractivity contribution in [1.29, 1.82) is 0 Å². The Morgan fingerprint density at radius 2 is 0.909 bits per heavy atom. The minimum atomic E-state index is -0.571. The fourth-order valence-electron chi connectivity index (χ4n) is 20.4. The fourth-order valence-corrected chi connectivity index (χ4v) is 21.6. The van der Waals surface area contributed by atoms with Gasteiger partial charge >= 0.3 is 66.5 Å². The monoisotopic (exact) mass is 1170 g/mol. The van der Waals surface area contributed by atoms with Crippen molar-refractivity contribution >= 4 is 246 Å². The lowest BCUT2D eigenvalue weighted by Crippen LogP contribution is -2.29. The van der Waals surface area contributed by atoms with Crippen molar-refractivity contribution in [2.24, 2.45) is 5.10 Å². The van der Waals surface area contributed by atoms with Crippen LogP contribution in [-0.2, 0) is 15.2 Å². The van der Waals surface area contributed by atoms with Crippen molar-refractivity contribution in [2.45, 2.75) is 30.3 Å². The van der Waals surface area contributed by atoms with Gasteiger partial charge in [-0.25, -0.2) is 0 Å². The zero-order valence-electron chi connectivity index (χ0n) is 46.3. The first-order valence-corrected chi connectivity index (χ1v) is 32.2. The number of fused-ring (bicyclic) bond motifs is 5. The number of nitrogens with zero attached hydrogens (tertiary/aromatic N) is 1. The molecule has 88 heavy (non-hydrogen) atoms. The third-order valence-electron chi connectivity index (χ3n) is 23.2. The van der Waals surface area contributed by atoms with Crippen LogP contribution in [0.25, 0.3) is 185 Å². The van der Waals surface area contributed by atoms with Gasteiger partial charge in [0.2, 0.25) is 0 Å². The summed E-state index contributed by atoms with van der Waals surface area (Å²) in [6.45, 7) is 0. The number of hydrogen-bond donors (Lipinski definition) is 1. The van der Waals surface area contributed by atoms with E-state index in [1.165, 1.54) is 212 Å². The quantitative estimate of drug-likeness (QED) is 0.0711. The lowest BCUT2D eigenvalue weighted by molar-refractivity contribution is 0.0178. The van der Waals surface area contributed by atoms with Gasteiger partial charge in [0.05, 0.1) is 17.3 Å². The molecule has 10 heteroatoms. The summed E-state index contributed by atoms with van der Waals surface area (Å²) in [7, 11) is 0. The molecule has 1 heterocycles. The molecule has 390 valence electrons. The van der Waals surface area contributed by atoms with E-state index in [2.05, 4.69) is 230 Å². The number of allylic oxidation sites excluding steroid dienone is 3. The molecule has 6 nitrogen and oxygen atoms in total. The van der Waals surface area contributed by atoms with Crippen LogP contribution >= 0.6 is 0 Å². The highest BCUT2D eigenvalue weighted by molar-refractivity contribution is 6.57. The normalized spacial score (nSPS) is 18.4. The number of rotatable bonds is 8. The molecule has 0 amide bonds. The van der Waals surface area contributed by atoms with Crippen LogP contribution < -0.4 is 5.43 Å². The molecule has 1 aliphatic heterocycles. The SMILES string of the molecule is [Al][O]C([O][Al])c1ccc(C2=NNC(c3ccc(C([O][Al])[O][Al])cc3)=C3c4c5ccc6ccc7cc8cc9ccc%10ccc%11c%12ccc%13c%14c%12c%12c%15c%11c%10c9c9c8c8c%10c(c%11c-%12c%12c%16c(cc%17ccc(c%18c4c(c%11c%16c%17%18)c%10c5c6c78)C23)C=C(C=C%13)C%14%12)C%159)cc1. The largest absolute Gasteiger partial charge is 0.494 e. The highest BCUT2D eigenvalue weighted by Crippen LogP contribution is 2.73. The molecule has 3 unspecified atom stereocenters. The Bertz CT molecular complexity index is 6630. The van der Waals surface area contributed by atoms with E-state index in [9.17, 15) is 0 Å². The van der Waals surface area contributed by atoms with E-state index >= 15 is 0 Å². The van der Waals surface area contributed by atoms with E-state index in [0.717, 1.165) is 33.7 Å². The van der Waals surface area contributed by atoms with Crippen LogP contribution in [0.2, 0.25) is 0 Å². The Labute approximate surface area is 532 Å². The summed E-state index contributed by atoms with van der Waals surface area (Å²) in [5.41, 5.74) is 28.2. The summed E-state index contributed by atoms with van der Waals surface area (Å²) in [4.78, 5) is 0. The molecular weight excluding hydrogens is 1140 g/mol. The second-order valence-corrected chi connectivity index (χ2v) is 27.3. The zero-order valence-corrected chi connectivity index (χ0v) is 50.9. The van der Waals surface area contributed by atoms with Crippen LogP contribution in [0.5, 0.6) is 0 Å². The van der Waals surface area contributed by atoms with Crippen molar-refractivity contribution in [3.63, 3.8) is 0 Å². The molecule has 7 aliphatic carbocycles. The molecule has 17 aromatic rings. The molecule has 25 rings (SSSR count). The van der Waals surface area contributed by atoms with Gasteiger partial charge in [0.25, 0.3) is 0 Å². The van der Waals surface area contributed by atoms with Gasteiger partial charge in [-0.2, -0.15) is 5.10 Å². The second-order valence-electron chi connectivity index (χ2n) is 26.2. The van der Waals surface area contributed by atoms with Gasteiger partial charge in [-0.1, -0.05) is 140 Å². The average Bonchev–Trinajstić information content (AvgIpc) is 0.625. The predicted octanol–water partition coefficient (Wildman–Crippen LogP) is 17.6. The van der Waals surface area contributed by atoms with Crippen molar-refractivity contribution in [1.82, 2.24) is 5.43 Å². The number of hydrazone groups is 1. The minimum absolute atomic E-state index is 0.0325. The van der Waals surface area contributed by atoms with Crippen molar-refractivity contribution in [2.75, 3.05) is 0 Å². The van der Waals surface area contributed by atoms with E-state index in [1.54, 1.807) is 11.1 Å². The molecular formula is C78H32Al4N2O4. The topological polar surface area (TPSA) is 61.3 Å². The lowest BCUT2D eigenvalue weighted by atomic mass is 9.56. The van der Waals surface area contributed by atoms with Gasteiger partial charge in [0.15, 0.2) is 0 Å². The van der Waals surface area contributed by atoms with E-state index < -0.39 is 12.6 Å². The van der Waals surface area contributed by atoms with Crippen LogP contribution in [0.15, 0.2) is 156 Å². The van der Waals surface area contributed by atoms with Crippen LogP contribution in [0, 0.1) is 0 Å². The van der Waals surface area contributed by atoms with Gasteiger partial charge in [-0.3, -0.25) is 5.43 Å². The second kappa shape index (κ2) is 14.9. The summed E-state index contributed by atoms with van der Waals surface area (Å²) >= 11 is 9.48. The molecule has 8 aliphatic rings. The molecule has 1 N–H and O–H groups in total. The van der Waals surface area contributed by atoms with Crippen molar-refractivity contribution in [3.05, 3.63) is 224 Å². The summed E-state index contributed by atoms with van der Waals surface area (Å²) in [5.74, 6) is -0.152. The van der Waals surface area contributed by atoms with Gasteiger partial charge in [0, 0.05) is 23.0 Å². The standard InChI is InChI=1S/C78H32N2O4.4Al/c81-77(82)32-8-4-30(5-9-32)75-58-43-22-18-37-26-39-24-35-13-2-28-16-20-41-40-19-15-27-1-12-34-23-38-25-36-14-3-29-17-21-42-55-46(29)49(36)61-51(38)59-47(34)44(27)53(40)64-65-54(41)45(28)48(35)60-52(39)62-50(37)56(43)63(71-66(55)69(61)72(67(59)64)73(68(60)65)70(62)71)57(42)74(58)76(80-79-75)31-6-10-33(11-7-31)78(83)84;;;;/h1-26,48,58,67,77-78,80H;;;;/q-4;4*+1. The first-order chi connectivity index (χ1) is 43.5. The number of hydrogen-bond acceptors (Lipinski definition) is 6. The summed E-state index contributed by atoms with van der Waals surface area (Å²) in [6, 6.07) is 54.4. The minimum Gasteiger partial charge on any atom is -0.494 e. The molecule has 0 saturated carbocycles. The predicted molar refractivity (Wildman–Crippen MR) is 360 cm³/mol. The molecule has 3 atom stereocenters. The molecule has 17 aromatic carbocycles. The van der Waals surface area contributed by atoms with E-state index in [1.807, 2.05) is 0 Å². The van der Waals surface area contributed by atoms with Gasteiger partial charge in [0.1, 0.15) is 12.6 Å². The highest BCUT2D eigenvalue weighted by atomic mass is 27.1. The Morgan fingerprint density at radius 3 is 1.68 bits per heavy atom.